The Kier molecular flexibility index (Phi) is 4.65. The lowest BCUT2D eigenvalue weighted by molar-refractivity contribution is -0.137. The first-order chi connectivity index (χ1) is 12.4. The molecule has 2 aliphatic rings. The van der Waals surface area contributed by atoms with E-state index in [0.29, 0.717) is 0 Å². The number of benzene rings is 1. The summed E-state index contributed by atoms with van der Waals surface area (Å²) in [6.45, 7) is 4.88. The Morgan fingerprint density at radius 1 is 1.15 bits per heavy atom. The number of amides is 4. The number of nitrogens with zero attached hydrogens (tertiary/aromatic N) is 2. The van der Waals surface area contributed by atoms with Gasteiger partial charge in [0.15, 0.2) is 5.37 Å². The maximum atomic E-state index is 12.9. The van der Waals surface area contributed by atoms with Crippen LogP contribution < -0.4 is 5.32 Å². The molecule has 2 saturated heterocycles. The fourth-order valence-electron chi connectivity index (χ4n) is 3.04. The van der Waals surface area contributed by atoms with Crippen molar-refractivity contribution in [3.05, 3.63) is 35.4 Å². The van der Waals surface area contributed by atoms with Crippen LogP contribution in [0.25, 0.3) is 0 Å². The van der Waals surface area contributed by atoms with Crippen molar-refractivity contribution in [3.63, 3.8) is 0 Å². The van der Waals surface area contributed by atoms with E-state index in [4.69, 9.17) is 0 Å². The number of imide groups is 1. The van der Waals surface area contributed by atoms with Crippen LogP contribution in [0.15, 0.2) is 24.3 Å². The van der Waals surface area contributed by atoms with Crippen molar-refractivity contribution >= 4 is 29.6 Å². The molecular formula is C17H18F3N3O3S. The van der Waals surface area contributed by atoms with E-state index in [9.17, 15) is 27.6 Å². The number of alkyl halides is 3. The predicted molar refractivity (Wildman–Crippen MR) is 92.4 cm³/mol. The number of nitrogens with one attached hydrogen (secondary N) is 1. The van der Waals surface area contributed by atoms with Gasteiger partial charge >= 0.3 is 12.2 Å². The first-order valence-electron chi connectivity index (χ1n) is 8.16. The second-order valence-corrected chi connectivity index (χ2v) is 8.50. The van der Waals surface area contributed by atoms with Gasteiger partial charge in [-0.3, -0.25) is 19.4 Å². The first kappa shape index (κ1) is 19.5. The zero-order valence-electron chi connectivity index (χ0n) is 14.8. The summed E-state index contributed by atoms with van der Waals surface area (Å²) in [5, 5.41) is 0.880. The third-order valence-corrected chi connectivity index (χ3v) is 5.61. The Hall–Kier alpha value is -2.23. The number of rotatable bonds is 2. The van der Waals surface area contributed by atoms with Crippen LogP contribution in [-0.4, -0.2) is 45.1 Å². The van der Waals surface area contributed by atoms with E-state index in [-0.39, 0.29) is 12.1 Å². The summed E-state index contributed by atoms with van der Waals surface area (Å²) in [6.07, 6.45) is -4.49. The topological polar surface area (TPSA) is 69.7 Å². The summed E-state index contributed by atoms with van der Waals surface area (Å²) in [6, 6.07) is 4.09. The molecule has 2 atom stereocenters. The molecule has 1 N–H and O–H groups in total. The van der Waals surface area contributed by atoms with Gasteiger partial charge in [-0.25, -0.2) is 4.79 Å². The summed E-state index contributed by atoms with van der Waals surface area (Å²) in [7, 11) is 0. The van der Waals surface area contributed by atoms with E-state index in [0.717, 1.165) is 33.7 Å². The van der Waals surface area contributed by atoms with E-state index in [1.165, 1.54) is 12.1 Å². The van der Waals surface area contributed by atoms with E-state index in [2.05, 4.69) is 5.32 Å². The molecule has 2 aliphatic heterocycles. The molecule has 6 nitrogen and oxygen atoms in total. The van der Waals surface area contributed by atoms with Crippen molar-refractivity contribution < 1.29 is 27.6 Å². The number of urea groups is 1. The standard InChI is InChI=1S/C17H18F3N3O3S/c1-16(2,3)23-11(24)8-22(15(23)26)14-12(25)21-13(27-14)9-5-4-6-10(7-9)17(18,19)20/h4-7,13-14H,8H2,1-3H3,(H,21,25). The molecule has 0 aliphatic carbocycles. The molecule has 2 heterocycles. The molecular weight excluding hydrogens is 383 g/mol. The quantitative estimate of drug-likeness (QED) is 0.774. The molecule has 1 aromatic carbocycles. The lowest BCUT2D eigenvalue weighted by Gasteiger charge is -2.30. The van der Waals surface area contributed by atoms with E-state index in [1.807, 2.05) is 0 Å². The van der Waals surface area contributed by atoms with Gasteiger partial charge in [-0.1, -0.05) is 23.9 Å². The molecule has 0 spiro atoms. The third-order valence-electron chi connectivity index (χ3n) is 4.23. The molecule has 0 saturated carbocycles. The SMILES string of the molecule is CC(C)(C)N1C(=O)CN(C2SC(c3cccc(C(F)(F)F)c3)NC2=O)C1=O. The van der Waals surface area contributed by atoms with Crippen molar-refractivity contribution in [2.24, 2.45) is 0 Å². The molecule has 0 bridgehead atoms. The zero-order valence-corrected chi connectivity index (χ0v) is 15.6. The number of thioether (sulfide) groups is 1. The smallest absolute Gasteiger partial charge is 0.338 e. The molecule has 27 heavy (non-hydrogen) atoms. The molecule has 4 amide bonds. The van der Waals surface area contributed by atoms with Gasteiger partial charge in [-0.2, -0.15) is 13.2 Å². The minimum Gasteiger partial charge on any atom is -0.338 e. The highest BCUT2D eigenvalue weighted by molar-refractivity contribution is 8.01. The van der Waals surface area contributed by atoms with Crippen LogP contribution in [0, 0.1) is 0 Å². The van der Waals surface area contributed by atoms with Crippen LogP contribution in [0.5, 0.6) is 0 Å². The Bertz CT molecular complexity index is 807. The fraction of sp³-hybridized carbons (Fsp3) is 0.471. The highest BCUT2D eigenvalue weighted by atomic mass is 32.2. The average molecular weight is 401 g/mol. The van der Waals surface area contributed by atoms with Crippen molar-refractivity contribution in [1.29, 1.82) is 0 Å². The molecule has 0 aromatic heterocycles. The van der Waals surface area contributed by atoms with E-state index < -0.39 is 45.9 Å². The predicted octanol–water partition coefficient (Wildman–Crippen LogP) is 2.96. The number of hydrogen-bond acceptors (Lipinski definition) is 4. The first-order valence-corrected chi connectivity index (χ1v) is 9.10. The number of hydrogen-bond donors (Lipinski definition) is 1. The van der Waals surface area contributed by atoms with E-state index >= 15 is 0 Å². The second-order valence-electron chi connectivity index (χ2n) is 7.31. The van der Waals surface area contributed by atoms with Gasteiger partial charge < -0.3 is 5.32 Å². The van der Waals surface area contributed by atoms with Crippen LogP contribution >= 0.6 is 11.8 Å². The number of carbonyl (C=O) groups excluding carboxylic acids is 3. The highest BCUT2D eigenvalue weighted by Gasteiger charge is 2.49. The van der Waals surface area contributed by atoms with Crippen LogP contribution in [0.3, 0.4) is 0 Å². The molecule has 2 unspecified atom stereocenters. The van der Waals surface area contributed by atoms with Crippen molar-refractivity contribution in [3.8, 4) is 0 Å². The summed E-state index contributed by atoms with van der Waals surface area (Å²) in [4.78, 5) is 39.4. The largest absolute Gasteiger partial charge is 0.416 e. The summed E-state index contributed by atoms with van der Waals surface area (Å²) >= 11 is 1.01. The lowest BCUT2D eigenvalue weighted by Crippen LogP contribution is -2.48. The van der Waals surface area contributed by atoms with Crippen molar-refractivity contribution in [1.82, 2.24) is 15.1 Å². The van der Waals surface area contributed by atoms with Crippen LogP contribution in [0.1, 0.15) is 37.3 Å². The number of carbonyl (C=O) groups is 3. The molecule has 1 aromatic rings. The Labute approximate surface area is 158 Å². The molecule has 0 radical (unpaired) electrons. The van der Waals surface area contributed by atoms with Crippen molar-refractivity contribution in [2.75, 3.05) is 6.54 Å². The third kappa shape index (κ3) is 3.62. The average Bonchev–Trinajstić information content (AvgIpc) is 3.05. The lowest BCUT2D eigenvalue weighted by atomic mass is 10.1. The molecule has 146 valence electrons. The maximum Gasteiger partial charge on any atom is 0.416 e. The van der Waals surface area contributed by atoms with Crippen LogP contribution in [-0.2, 0) is 15.8 Å². The summed E-state index contributed by atoms with van der Waals surface area (Å²) in [5.74, 6) is -0.928. The Morgan fingerprint density at radius 3 is 2.37 bits per heavy atom. The zero-order chi connectivity index (χ0) is 20.1. The van der Waals surface area contributed by atoms with Gasteiger partial charge in [0.25, 0.3) is 11.8 Å². The minimum absolute atomic E-state index is 0.240. The van der Waals surface area contributed by atoms with Gasteiger partial charge in [-0.15, -0.1) is 0 Å². The monoisotopic (exact) mass is 401 g/mol. The van der Waals surface area contributed by atoms with E-state index in [1.54, 1.807) is 20.8 Å². The van der Waals surface area contributed by atoms with Crippen LogP contribution in [0.2, 0.25) is 0 Å². The minimum atomic E-state index is -4.49. The van der Waals surface area contributed by atoms with Crippen molar-refractivity contribution in [2.45, 2.75) is 43.2 Å². The summed E-state index contributed by atoms with van der Waals surface area (Å²) in [5.41, 5.74) is -1.27. The Balaban J connectivity index is 1.81. The fourth-order valence-corrected chi connectivity index (χ4v) is 4.29. The normalized spacial score (nSPS) is 24.0. The highest BCUT2D eigenvalue weighted by Crippen LogP contribution is 2.40. The number of halogens is 3. The molecule has 2 fully saturated rings. The molecule has 10 heteroatoms. The molecule has 3 rings (SSSR count). The van der Waals surface area contributed by atoms with Gasteiger partial charge in [0, 0.05) is 5.54 Å². The van der Waals surface area contributed by atoms with Crippen LogP contribution in [0.4, 0.5) is 18.0 Å². The van der Waals surface area contributed by atoms with Gasteiger partial charge in [0.1, 0.15) is 11.9 Å². The summed E-state index contributed by atoms with van der Waals surface area (Å²) < 4.78 is 38.7. The maximum absolute atomic E-state index is 12.9. The second kappa shape index (κ2) is 6.43. The van der Waals surface area contributed by atoms with Gasteiger partial charge in [0.05, 0.1) is 5.56 Å². The van der Waals surface area contributed by atoms with Gasteiger partial charge in [0.2, 0.25) is 0 Å². The Morgan fingerprint density at radius 2 is 1.81 bits per heavy atom. The van der Waals surface area contributed by atoms with Gasteiger partial charge in [-0.05, 0) is 38.5 Å².